The van der Waals surface area contributed by atoms with Gasteiger partial charge < -0.3 is 16.6 Å². The summed E-state index contributed by atoms with van der Waals surface area (Å²) < 4.78 is 33.0. The molecule has 0 saturated carbocycles. The molecule has 1 fully saturated rings. The van der Waals surface area contributed by atoms with Crippen molar-refractivity contribution in [2.24, 2.45) is 0 Å². The summed E-state index contributed by atoms with van der Waals surface area (Å²) in [6, 6.07) is 0. The van der Waals surface area contributed by atoms with Gasteiger partial charge in [-0.1, -0.05) is 6.58 Å². The molecule has 1 aliphatic heterocycles. The van der Waals surface area contributed by atoms with Crippen molar-refractivity contribution < 1.29 is 56.9 Å². The van der Waals surface area contributed by atoms with Gasteiger partial charge in [-0.15, -0.1) is 0 Å². The molecule has 116 valence electrons. The smallest absolute Gasteiger partial charge is 0.521 e. The zero-order chi connectivity index (χ0) is 16.0. The number of hydrogen-bond acceptors (Lipinski definition) is 5. The second-order valence-electron chi connectivity index (χ2n) is 3.46. The Labute approximate surface area is 147 Å². The number of hydrogen-bond donors (Lipinski definition) is 2. The quantitative estimate of drug-likeness (QED) is 0.144. The number of amides is 1. The van der Waals surface area contributed by atoms with Crippen LogP contribution >= 0.6 is 0 Å². The van der Waals surface area contributed by atoms with Crippen LogP contribution in [0.3, 0.4) is 0 Å². The minimum absolute atomic E-state index is 0. The average molecular weight is 329 g/mol. The zero-order valence-corrected chi connectivity index (χ0v) is 15.0. The van der Waals surface area contributed by atoms with Crippen LogP contribution in [0.5, 0.6) is 0 Å². The van der Waals surface area contributed by atoms with Gasteiger partial charge in [0.1, 0.15) is 0 Å². The maximum atomic E-state index is 10.4. The van der Waals surface area contributed by atoms with Crippen molar-refractivity contribution >= 4 is 22.0 Å². The van der Waals surface area contributed by atoms with E-state index in [1.807, 2.05) is 0 Å². The average Bonchev–Trinajstić information content (AvgIpc) is 2.87. The Morgan fingerprint density at radius 3 is 2.33 bits per heavy atom. The Bertz CT molecular complexity index is 402. The molecule has 1 heterocycles. The summed E-state index contributed by atoms with van der Waals surface area (Å²) in [4.78, 5) is 20.5. The Balaban J connectivity index is -0.000000301. The topological polar surface area (TPSA) is 110 Å². The van der Waals surface area contributed by atoms with Gasteiger partial charge in [0.15, 0.2) is 0 Å². The number of carbonyl (C=O) groups excluding carboxylic acids is 2. The molecule has 0 aromatic carbocycles. The van der Waals surface area contributed by atoms with Crippen LogP contribution in [-0.2, 0) is 24.4 Å². The first kappa shape index (κ1) is 25.3. The van der Waals surface area contributed by atoms with Crippen LogP contribution in [0.25, 0.3) is 0 Å². The summed E-state index contributed by atoms with van der Waals surface area (Å²) in [6.07, 6.45) is 2.82. The molecular weight excluding hydrogens is 309 g/mol. The van der Waals surface area contributed by atoms with E-state index in [0.717, 1.165) is 25.5 Å². The third-order valence-electron chi connectivity index (χ3n) is 1.86. The largest absolute Gasteiger partial charge is 1.00 e. The third kappa shape index (κ3) is 21.8. The standard InChI is InChI=1S/C6H10O5S.C4H7NO.C2H3.Na/c1-2-6(7)11-4-3-5-12(8,9)10;6-4-2-1-3-5-4;1-2;/h2H,1,3-5H2,(H,8,9,10);1-3H2,(H,5,6);1H,2H2;/q;;-1;+1. The number of esters is 1. The number of carbonyl (C=O) groups is 2. The van der Waals surface area contributed by atoms with Crippen molar-refractivity contribution in [3.05, 3.63) is 25.8 Å². The van der Waals surface area contributed by atoms with E-state index in [-0.39, 0.29) is 48.5 Å². The molecule has 0 aromatic rings. The van der Waals surface area contributed by atoms with Gasteiger partial charge in [0, 0.05) is 19.0 Å². The molecule has 1 rings (SSSR count). The molecule has 1 aliphatic rings. The van der Waals surface area contributed by atoms with Gasteiger partial charge in [-0.05, 0) is 12.8 Å². The van der Waals surface area contributed by atoms with Crippen LogP contribution in [0, 0.1) is 6.58 Å². The van der Waals surface area contributed by atoms with Crippen molar-refractivity contribution in [3.63, 3.8) is 0 Å². The molecule has 0 spiro atoms. The summed E-state index contributed by atoms with van der Waals surface area (Å²) in [7, 11) is -3.95. The van der Waals surface area contributed by atoms with Crippen molar-refractivity contribution in [2.75, 3.05) is 18.9 Å². The van der Waals surface area contributed by atoms with E-state index >= 15 is 0 Å². The summed E-state index contributed by atoms with van der Waals surface area (Å²) in [6.45, 7) is 11.0. The van der Waals surface area contributed by atoms with Gasteiger partial charge in [-0.2, -0.15) is 8.42 Å². The molecule has 2 N–H and O–H groups in total. The molecule has 0 aromatic heterocycles. The maximum Gasteiger partial charge on any atom is 1.00 e. The van der Waals surface area contributed by atoms with E-state index in [0.29, 0.717) is 0 Å². The Kier molecular flexibility index (Phi) is 18.9. The van der Waals surface area contributed by atoms with Crippen LogP contribution in [-0.4, -0.2) is 43.8 Å². The normalized spacial score (nSPS) is 12.3. The summed E-state index contributed by atoms with van der Waals surface area (Å²) >= 11 is 0. The summed E-state index contributed by atoms with van der Waals surface area (Å²) in [5.41, 5.74) is 0. The molecule has 1 amide bonds. The van der Waals surface area contributed by atoms with E-state index in [9.17, 15) is 18.0 Å². The molecule has 21 heavy (non-hydrogen) atoms. The van der Waals surface area contributed by atoms with Crippen molar-refractivity contribution in [1.29, 1.82) is 0 Å². The minimum atomic E-state index is -3.95. The minimum Gasteiger partial charge on any atom is -0.521 e. The Morgan fingerprint density at radius 1 is 1.48 bits per heavy atom. The van der Waals surface area contributed by atoms with Crippen molar-refractivity contribution in [1.82, 2.24) is 5.32 Å². The first-order chi connectivity index (χ1) is 9.35. The fourth-order valence-electron chi connectivity index (χ4n) is 1.04. The number of rotatable bonds is 5. The van der Waals surface area contributed by atoms with Gasteiger partial charge in [0.25, 0.3) is 10.1 Å². The molecule has 0 unspecified atom stereocenters. The molecular formula is C12H20NNaO6S. The zero-order valence-electron chi connectivity index (χ0n) is 12.2. The van der Waals surface area contributed by atoms with E-state index in [1.54, 1.807) is 0 Å². The fourth-order valence-corrected chi connectivity index (χ4v) is 1.52. The third-order valence-corrected chi connectivity index (χ3v) is 2.66. The first-order valence-corrected chi connectivity index (χ1v) is 7.38. The predicted molar refractivity (Wildman–Crippen MR) is 74.4 cm³/mol. The van der Waals surface area contributed by atoms with Crippen LogP contribution < -0.4 is 34.9 Å². The monoisotopic (exact) mass is 329 g/mol. The van der Waals surface area contributed by atoms with Crippen LogP contribution in [0.1, 0.15) is 19.3 Å². The molecule has 0 bridgehead atoms. The van der Waals surface area contributed by atoms with Gasteiger partial charge >= 0.3 is 35.5 Å². The van der Waals surface area contributed by atoms with Gasteiger partial charge in [-0.25, -0.2) is 4.79 Å². The van der Waals surface area contributed by atoms with Gasteiger partial charge in [0.2, 0.25) is 5.91 Å². The van der Waals surface area contributed by atoms with E-state index in [1.165, 1.54) is 0 Å². The summed E-state index contributed by atoms with van der Waals surface area (Å²) in [5.74, 6) is -0.808. The van der Waals surface area contributed by atoms with E-state index in [4.69, 9.17) is 4.55 Å². The predicted octanol–water partition coefficient (Wildman–Crippen LogP) is -2.50. The van der Waals surface area contributed by atoms with Gasteiger partial charge in [0.05, 0.1) is 12.4 Å². The molecule has 0 radical (unpaired) electrons. The Morgan fingerprint density at radius 2 is 2.05 bits per heavy atom. The van der Waals surface area contributed by atoms with Crippen molar-refractivity contribution in [2.45, 2.75) is 19.3 Å². The maximum absolute atomic E-state index is 10.4. The molecule has 7 nitrogen and oxygen atoms in total. The number of ether oxygens (including phenoxy) is 1. The summed E-state index contributed by atoms with van der Waals surface area (Å²) in [5, 5.41) is 2.68. The molecule has 1 saturated heterocycles. The van der Waals surface area contributed by atoms with Crippen LogP contribution in [0.2, 0.25) is 0 Å². The molecule has 0 atom stereocenters. The molecule has 9 heteroatoms. The Hall–Kier alpha value is -0.670. The fraction of sp³-hybridized carbons (Fsp3) is 0.500. The second kappa shape index (κ2) is 15.7. The SMILES string of the molecule is C=CC(=O)OCCCS(=O)(=O)O.O=C1CCCN1.[CH-]=C.[Na+]. The van der Waals surface area contributed by atoms with Crippen LogP contribution in [0.4, 0.5) is 0 Å². The molecule has 0 aliphatic carbocycles. The van der Waals surface area contributed by atoms with Crippen LogP contribution in [0.15, 0.2) is 19.2 Å². The second-order valence-corrected chi connectivity index (χ2v) is 5.04. The van der Waals surface area contributed by atoms with E-state index in [2.05, 4.69) is 29.8 Å². The number of nitrogens with one attached hydrogen (secondary N) is 1. The van der Waals surface area contributed by atoms with E-state index < -0.39 is 21.8 Å². The van der Waals surface area contributed by atoms with Gasteiger partial charge in [-0.3, -0.25) is 15.9 Å². The first-order valence-electron chi connectivity index (χ1n) is 5.77. The van der Waals surface area contributed by atoms with Crippen molar-refractivity contribution in [3.8, 4) is 0 Å².